The second-order valence-corrected chi connectivity index (χ2v) is 14.3. The fourth-order valence-electron chi connectivity index (χ4n) is 6.61. The second kappa shape index (κ2) is 11.4. The van der Waals surface area contributed by atoms with Crippen LogP contribution in [0.5, 0.6) is 0 Å². The first kappa shape index (κ1) is 28.3. The van der Waals surface area contributed by atoms with Crippen LogP contribution in [-0.2, 0) is 0 Å². The summed E-state index contributed by atoms with van der Waals surface area (Å²) in [6.45, 7) is 16.1. The normalized spacial score (nSPS) is 14.6. The molecule has 0 N–H and O–H groups in total. The van der Waals surface area contributed by atoms with Gasteiger partial charge in [0.05, 0.1) is 17.1 Å². The molecule has 0 fully saturated rings. The highest BCUT2D eigenvalue weighted by Crippen LogP contribution is 2.37. The van der Waals surface area contributed by atoms with Gasteiger partial charge in [0.2, 0.25) is 0 Å². The van der Waals surface area contributed by atoms with E-state index in [2.05, 4.69) is 133 Å². The average Bonchev–Trinajstić information content (AvgIpc) is 3.21. The molecule has 0 saturated carbocycles. The van der Waals surface area contributed by atoms with E-state index in [0.717, 1.165) is 29.8 Å². The van der Waals surface area contributed by atoms with Crippen LogP contribution in [0, 0.1) is 48.5 Å². The smallest absolute Gasteiger partial charge is 0.0974 e. The number of nitrogens with zero attached hydrogens (tertiary/aromatic N) is 2. The van der Waals surface area contributed by atoms with Gasteiger partial charge in [0.1, 0.15) is 0 Å². The molecule has 0 unspecified atom stereocenters. The van der Waals surface area contributed by atoms with Crippen LogP contribution >= 0.6 is 7.92 Å². The summed E-state index contributed by atoms with van der Waals surface area (Å²) in [5.74, 6) is 0. The van der Waals surface area contributed by atoms with Gasteiger partial charge < -0.3 is 0 Å². The van der Waals surface area contributed by atoms with Crippen LogP contribution in [0.2, 0.25) is 0 Å². The van der Waals surface area contributed by atoms with Crippen molar-refractivity contribution in [2.75, 3.05) is 12.7 Å². The van der Waals surface area contributed by atoms with Crippen LogP contribution in [0.4, 0.5) is 5.69 Å². The van der Waals surface area contributed by atoms with Gasteiger partial charge in [-0.3, -0.25) is 4.99 Å². The Hall–Kier alpha value is -3.87. The summed E-state index contributed by atoms with van der Waals surface area (Å²) in [7, 11) is -0.562. The van der Waals surface area contributed by atoms with Crippen molar-refractivity contribution in [3.63, 3.8) is 0 Å². The molecule has 42 heavy (non-hydrogen) atoms. The summed E-state index contributed by atoms with van der Waals surface area (Å²) in [4.78, 5) is 10.8. The molecule has 0 amide bonds. The van der Waals surface area contributed by atoms with Crippen molar-refractivity contribution in [3.05, 3.63) is 135 Å². The molecular weight excluding hydrogens is 527 g/mol. The van der Waals surface area contributed by atoms with E-state index in [-0.39, 0.29) is 0 Å². The molecule has 0 radical (unpaired) electrons. The maximum atomic E-state index is 5.40. The van der Waals surface area contributed by atoms with Gasteiger partial charge in [0.25, 0.3) is 0 Å². The van der Waals surface area contributed by atoms with E-state index >= 15 is 0 Å². The minimum Gasteiger partial charge on any atom is -0.282 e. The quantitative estimate of drug-likeness (QED) is 0.183. The number of rotatable bonds is 6. The zero-order chi connectivity index (χ0) is 29.5. The third-order valence-electron chi connectivity index (χ3n) is 8.13. The molecule has 0 heterocycles. The molecule has 2 nitrogen and oxygen atoms in total. The molecule has 1 aliphatic carbocycles. The molecule has 5 aromatic carbocycles. The average molecular weight is 567 g/mol. The van der Waals surface area contributed by atoms with Gasteiger partial charge in [-0.15, -0.1) is 0 Å². The first-order chi connectivity index (χ1) is 20.2. The monoisotopic (exact) mass is 566 g/mol. The summed E-state index contributed by atoms with van der Waals surface area (Å²) in [5, 5.41) is 5.38. The lowest BCUT2D eigenvalue weighted by Gasteiger charge is -2.20. The Balaban J connectivity index is 1.45. The van der Waals surface area contributed by atoms with E-state index in [1.165, 1.54) is 71.5 Å². The highest BCUT2D eigenvalue weighted by Gasteiger charge is 2.27. The second-order valence-electron chi connectivity index (χ2n) is 12.0. The topological polar surface area (TPSA) is 24.7 Å². The van der Waals surface area contributed by atoms with E-state index < -0.39 is 7.92 Å². The van der Waals surface area contributed by atoms with E-state index in [9.17, 15) is 0 Å². The van der Waals surface area contributed by atoms with Gasteiger partial charge in [-0.25, -0.2) is 4.99 Å². The Kier molecular flexibility index (Phi) is 7.69. The predicted molar refractivity (Wildman–Crippen MR) is 185 cm³/mol. The van der Waals surface area contributed by atoms with Crippen LogP contribution < -0.4 is 10.6 Å². The van der Waals surface area contributed by atoms with Crippen molar-refractivity contribution in [2.24, 2.45) is 9.98 Å². The van der Waals surface area contributed by atoms with Crippen LogP contribution in [-0.4, -0.2) is 24.1 Å². The van der Waals surface area contributed by atoms with Crippen molar-refractivity contribution in [3.8, 4) is 0 Å². The maximum Gasteiger partial charge on any atom is 0.0974 e. The van der Waals surface area contributed by atoms with Crippen molar-refractivity contribution >= 4 is 46.4 Å². The van der Waals surface area contributed by atoms with Crippen molar-refractivity contribution in [1.29, 1.82) is 0 Å². The Morgan fingerprint density at radius 1 is 0.548 bits per heavy atom. The summed E-state index contributed by atoms with van der Waals surface area (Å²) in [6, 6.07) is 31.7. The lowest BCUT2D eigenvalue weighted by atomic mass is 10.0. The van der Waals surface area contributed by atoms with Gasteiger partial charge in [-0.05, 0) is 89.7 Å². The van der Waals surface area contributed by atoms with E-state index in [1.54, 1.807) is 0 Å². The number of aryl methyl sites for hydroxylation is 7. The lowest BCUT2D eigenvalue weighted by Crippen LogP contribution is -2.18. The van der Waals surface area contributed by atoms with Crippen LogP contribution in [0.3, 0.4) is 0 Å². The molecule has 0 saturated heterocycles. The summed E-state index contributed by atoms with van der Waals surface area (Å²) in [6.07, 6.45) is 0.993. The molecule has 3 heteroatoms. The van der Waals surface area contributed by atoms with Crippen LogP contribution in [0.15, 0.2) is 94.9 Å². The fraction of sp³-hybridized carbons (Fsp3) is 0.231. The third-order valence-corrected chi connectivity index (χ3v) is 10.5. The first-order valence-electron chi connectivity index (χ1n) is 14.9. The van der Waals surface area contributed by atoms with Gasteiger partial charge in [-0.2, -0.15) is 0 Å². The minimum atomic E-state index is -0.562. The van der Waals surface area contributed by atoms with Crippen LogP contribution in [0.1, 0.15) is 50.1 Å². The molecule has 210 valence electrons. The largest absolute Gasteiger partial charge is 0.282 e. The highest BCUT2D eigenvalue weighted by atomic mass is 31.1. The highest BCUT2D eigenvalue weighted by molar-refractivity contribution is 7.73. The van der Waals surface area contributed by atoms with Gasteiger partial charge in [0.15, 0.2) is 0 Å². The lowest BCUT2D eigenvalue weighted by molar-refractivity contribution is 1.14. The molecule has 5 aromatic rings. The molecule has 0 atom stereocenters. The zero-order valence-electron chi connectivity index (χ0n) is 25.8. The van der Waals surface area contributed by atoms with Gasteiger partial charge in [-0.1, -0.05) is 113 Å². The fourth-order valence-corrected chi connectivity index (χ4v) is 9.16. The first-order valence-corrected chi connectivity index (χ1v) is 16.4. The number of benzene rings is 5. The number of hydrogen-bond donors (Lipinski definition) is 0. The van der Waals surface area contributed by atoms with Crippen molar-refractivity contribution in [1.82, 2.24) is 0 Å². The molecule has 0 spiro atoms. The molecule has 0 aliphatic heterocycles. The number of hydrogen-bond acceptors (Lipinski definition) is 2. The molecule has 0 aromatic heterocycles. The van der Waals surface area contributed by atoms with Crippen molar-refractivity contribution < 1.29 is 0 Å². The Morgan fingerprint density at radius 2 is 1.02 bits per heavy atom. The van der Waals surface area contributed by atoms with Crippen LogP contribution in [0.25, 0.3) is 10.8 Å². The standard InChI is InChI=1S/C39H39N2P/c1-24-16-25(2)21-32(20-24)42(33-22-26(3)17-27(4)23-33)15-14-40-38-34-12-8-10-31-11-9-13-35(36(31)34)39(38)41-37-29(6)18-28(5)19-30(37)7/h8-13,16-23H,14-15H2,1-7H3/b40-38+,41-39+. The molecule has 0 bridgehead atoms. The maximum absolute atomic E-state index is 5.40. The third kappa shape index (κ3) is 5.49. The Morgan fingerprint density at radius 3 is 1.55 bits per heavy atom. The SMILES string of the molecule is Cc1cc(C)cc(P(CC/N=C2/C(=N/c3c(C)cc(C)cc3C)c3cccc4cccc2c34)c2cc(C)cc(C)c2)c1. The zero-order valence-corrected chi connectivity index (χ0v) is 26.7. The van der Waals surface area contributed by atoms with Crippen molar-refractivity contribution in [2.45, 2.75) is 48.5 Å². The van der Waals surface area contributed by atoms with E-state index in [4.69, 9.17) is 9.98 Å². The van der Waals surface area contributed by atoms with Gasteiger partial charge >= 0.3 is 0 Å². The number of aliphatic imine (C=N–C) groups is 2. The van der Waals surface area contributed by atoms with E-state index in [0.29, 0.717) is 0 Å². The summed E-state index contributed by atoms with van der Waals surface area (Å²) in [5.41, 5.74) is 14.4. The summed E-state index contributed by atoms with van der Waals surface area (Å²) < 4.78 is 0. The Bertz CT molecular complexity index is 1790. The molecule has 6 rings (SSSR count). The minimum absolute atomic E-state index is 0.562. The van der Waals surface area contributed by atoms with E-state index in [1.807, 2.05) is 0 Å². The Labute approximate surface area is 252 Å². The predicted octanol–water partition coefficient (Wildman–Crippen LogP) is 9.06. The van der Waals surface area contributed by atoms with Gasteiger partial charge in [0, 0.05) is 23.1 Å². The molecular formula is C39H39N2P. The summed E-state index contributed by atoms with van der Waals surface area (Å²) >= 11 is 0. The molecule has 1 aliphatic rings.